The average molecular weight is 329 g/mol. The summed E-state index contributed by atoms with van der Waals surface area (Å²) in [5.74, 6) is 1.35. The fourth-order valence-corrected chi connectivity index (χ4v) is 2.75. The van der Waals surface area contributed by atoms with Crippen molar-refractivity contribution in [1.29, 1.82) is 0 Å². The molecule has 1 amide bonds. The summed E-state index contributed by atoms with van der Waals surface area (Å²) in [6.45, 7) is 1.11. The van der Waals surface area contributed by atoms with Gasteiger partial charge in [-0.25, -0.2) is 4.98 Å². The molecule has 7 nitrogen and oxygen atoms in total. The van der Waals surface area contributed by atoms with Crippen LogP contribution in [0.3, 0.4) is 0 Å². The summed E-state index contributed by atoms with van der Waals surface area (Å²) in [4.78, 5) is 22.6. The molecule has 0 saturated carbocycles. The van der Waals surface area contributed by atoms with Crippen molar-refractivity contribution < 1.29 is 19.0 Å². The second-order valence-electron chi connectivity index (χ2n) is 5.36. The number of amides is 1. The van der Waals surface area contributed by atoms with Crippen LogP contribution in [0.15, 0.2) is 36.8 Å². The van der Waals surface area contributed by atoms with Gasteiger partial charge in [-0.15, -0.1) is 0 Å². The lowest BCUT2D eigenvalue weighted by molar-refractivity contribution is 0.0767. The molecule has 7 heteroatoms. The molecular weight excluding hydrogens is 310 g/mol. The van der Waals surface area contributed by atoms with E-state index >= 15 is 0 Å². The van der Waals surface area contributed by atoms with E-state index in [4.69, 9.17) is 14.2 Å². The van der Waals surface area contributed by atoms with E-state index in [9.17, 15) is 4.79 Å². The third kappa shape index (κ3) is 3.24. The molecule has 126 valence electrons. The van der Waals surface area contributed by atoms with Gasteiger partial charge in [0, 0.05) is 25.4 Å². The maximum absolute atomic E-state index is 12.8. The van der Waals surface area contributed by atoms with Gasteiger partial charge >= 0.3 is 0 Å². The number of nitrogens with zero attached hydrogens (tertiary/aromatic N) is 3. The van der Waals surface area contributed by atoms with Gasteiger partial charge in [-0.2, -0.15) is 0 Å². The standard InChI is InChI=1S/C17H19N3O4/c1-22-14-5-3-4-13(16(14)23-2)17(21)20-9-6-12(11-20)24-15-10-18-7-8-19-15/h3-5,7-8,10,12H,6,9,11H2,1-2H3. The Bertz CT molecular complexity index is 708. The highest BCUT2D eigenvalue weighted by atomic mass is 16.5. The van der Waals surface area contributed by atoms with E-state index in [1.54, 1.807) is 48.8 Å². The van der Waals surface area contributed by atoms with Crippen molar-refractivity contribution in [2.24, 2.45) is 0 Å². The summed E-state index contributed by atoms with van der Waals surface area (Å²) in [6, 6.07) is 5.28. The summed E-state index contributed by atoms with van der Waals surface area (Å²) in [7, 11) is 3.07. The van der Waals surface area contributed by atoms with Crippen LogP contribution in [0.25, 0.3) is 0 Å². The Hall–Kier alpha value is -2.83. The van der Waals surface area contributed by atoms with Gasteiger partial charge in [-0.05, 0) is 12.1 Å². The van der Waals surface area contributed by atoms with E-state index in [1.807, 2.05) is 0 Å². The Balaban J connectivity index is 1.71. The predicted octanol–water partition coefficient (Wildman–Crippen LogP) is 1.79. The molecule has 1 aromatic heterocycles. The van der Waals surface area contributed by atoms with E-state index < -0.39 is 0 Å². The van der Waals surface area contributed by atoms with Crippen LogP contribution >= 0.6 is 0 Å². The number of para-hydroxylation sites is 1. The van der Waals surface area contributed by atoms with Crippen molar-refractivity contribution in [2.45, 2.75) is 12.5 Å². The fourth-order valence-electron chi connectivity index (χ4n) is 2.75. The molecule has 0 N–H and O–H groups in total. The first-order chi connectivity index (χ1) is 11.7. The van der Waals surface area contributed by atoms with Gasteiger partial charge in [0.25, 0.3) is 5.91 Å². The van der Waals surface area contributed by atoms with Crippen molar-refractivity contribution in [2.75, 3.05) is 27.3 Å². The Morgan fingerprint density at radius 1 is 1.25 bits per heavy atom. The molecule has 1 atom stereocenters. The number of aromatic nitrogens is 2. The van der Waals surface area contributed by atoms with Crippen LogP contribution in [0.5, 0.6) is 17.4 Å². The summed E-state index contributed by atoms with van der Waals surface area (Å²) in [6.07, 6.45) is 5.38. The summed E-state index contributed by atoms with van der Waals surface area (Å²) >= 11 is 0. The molecule has 0 radical (unpaired) electrons. The summed E-state index contributed by atoms with van der Waals surface area (Å²) in [5.41, 5.74) is 0.483. The van der Waals surface area contributed by atoms with Gasteiger partial charge in [0.05, 0.1) is 32.5 Å². The van der Waals surface area contributed by atoms with Crippen LogP contribution in [-0.2, 0) is 0 Å². The summed E-state index contributed by atoms with van der Waals surface area (Å²) in [5, 5.41) is 0. The molecule has 2 aromatic rings. The first-order valence-electron chi connectivity index (χ1n) is 7.66. The lowest BCUT2D eigenvalue weighted by Crippen LogP contribution is -2.31. The van der Waals surface area contributed by atoms with E-state index in [2.05, 4.69) is 9.97 Å². The van der Waals surface area contributed by atoms with Crippen molar-refractivity contribution in [3.63, 3.8) is 0 Å². The number of carbonyl (C=O) groups excluding carboxylic acids is 1. The van der Waals surface area contributed by atoms with E-state index in [1.165, 1.54) is 7.11 Å². The number of benzene rings is 1. The maximum Gasteiger partial charge on any atom is 0.257 e. The van der Waals surface area contributed by atoms with Crippen molar-refractivity contribution in [3.8, 4) is 17.4 Å². The molecule has 3 rings (SSSR count). The zero-order chi connectivity index (χ0) is 16.9. The zero-order valence-corrected chi connectivity index (χ0v) is 13.6. The Labute approximate surface area is 140 Å². The molecular formula is C17H19N3O4. The molecule has 2 heterocycles. The Kier molecular flexibility index (Phi) is 4.79. The highest BCUT2D eigenvalue weighted by Gasteiger charge is 2.30. The van der Waals surface area contributed by atoms with E-state index in [0.717, 1.165) is 6.42 Å². The predicted molar refractivity (Wildman–Crippen MR) is 86.5 cm³/mol. The van der Waals surface area contributed by atoms with Crippen molar-refractivity contribution in [3.05, 3.63) is 42.4 Å². The van der Waals surface area contributed by atoms with E-state index in [0.29, 0.717) is 36.0 Å². The third-order valence-electron chi connectivity index (χ3n) is 3.89. The molecule has 0 bridgehead atoms. The van der Waals surface area contributed by atoms with Gasteiger partial charge in [0.1, 0.15) is 6.10 Å². The molecule has 24 heavy (non-hydrogen) atoms. The zero-order valence-electron chi connectivity index (χ0n) is 13.6. The number of hydrogen-bond donors (Lipinski definition) is 0. The molecule has 1 aromatic carbocycles. The first-order valence-corrected chi connectivity index (χ1v) is 7.66. The molecule has 1 saturated heterocycles. The van der Waals surface area contributed by atoms with Crippen LogP contribution in [0.2, 0.25) is 0 Å². The Morgan fingerprint density at radius 3 is 2.83 bits per heavy atom. The first kappa shape index (κ1) is 16.0. The molecule has 1 aliphatic heterocycles. The van der Waals surface area contributed by atoms with E-state index in [-0.39, 0.29) is 12.0 Å². The fraction of sp³-hybridized carbons (Fsp3) is 0.353. The number of likely N-dealkylation sites (tertiary alicyclic amines) is 1. The minimum absolute atomic E-state index is 0.0951. The van der Waals surface area contributed by atoms with Gasteiger partial charge in [-0.3, -0.25) is 9.78 Å². The minimum Gasteiger partial charge on any atom is -0.493 e. The number of carbonyl (C=O) groups is 1. The minimum atomic E-state index is -0.101. The van der Waals surface area contributed by atoms with Crippen LogP contribution in [0.1, 0.15) is 16.8 Å². The van der Waals surface area contributed by atoms with Gasteiger partial charge < -0.3 is 19.1 Å². The monoisotopic (exact) mass is 329 g/mol. The smallest absolute Gasteiger partial charge is 0.257 e. The lowest BCUT2D eigenvalue weighted by atomic mass is 10.1. The molecule has 1 unspecified atom stereocenters. The largest absolute Gasteiger partial charge is 0.493 e. The van der Waals surface area contributed by atoms with Crippen molar-refractivity contribution in [1.82, 2.24) is 14.9 Å². The molecule has 1 fully saturated rings. The normalized spacial score (nSPS) is 16.8. The van der Waals surface area contributed by atoms with Crippen LogP contribution in [0.4, 0.5) is 0 Å². The van der Waals surface area contributed by atoms with Gasteiger partial charge in [0.15, 0.2) is 11.5 Å². The quantitative estimate of drug-likeness (QED) is 0.832. The topological polar surface area (TPSA) is 73.8 Å². The number of hydrogen-bond acceptors (Lipinski definition) is 6. The SMILES string of the molecule is COc1cccc(C(=O)N2CCC(Oc3cnccn3)C2)c1OC. The van der Waals surface area contributed by atoms with Gasteiger partial charge in [0.2, 0.25) is 5.88 Å². The highest BCUT2D eigenvalue weighted by Crippen LogP contribution is 2.32. The number of ether oxygens (including phenoxy) is 3. The second kappa shape index (κ2) is 7.16. The van der Waals surface area contributed by atoms with Crippen molar-refractivity contribution >= 4 is 5.91 Å². The highest BCUT2D eigenvalue weighted by molar-refractivity contribution is 5.98. The molecule has 1 aliphatic rings. The summed E-state index contributed by atoms with van der Waals surface area (Å²) < 4.78 is 16.4. The number of rotatable bonds is 5. The lowest BCUT2D eigenvalue weighted by Gasteiger charge is -2.19. The second-order valence-corrected chi connectivity index (χ2v) is 5.36. The molecule has 0 spiro atoms. The van der Waals surface area contributed by atoms with Gasteiger partial charge in [-0.1, -0.05) is 6.07 Å². The van der Waals surface area contributed by atoms with Crippen LogP contribution in [-0.4, -0.2) is 54.2 Å². The Morgan fingerprint density at radius 2 is 2.12 bits per heavy atom. The van der Waals surface area contributed by atoms with Crippen LogP contribution < -0.4 is 14.2 Å². The molecule has 0 aliphatic carbocycles. The van der Waals surface area contributed by atoms with Crippen LogP contribution in [0, 0.1) is 0 Å². The maximum atomic E-state index is 12.8. The number of methoxy groups -OCH3 is 2. The average Bonchev–Trinajstić information content (AvgIpc) is 3.09. The third-order valence-corrected chi connectivity index (χ3v) is 3.89.